The first-order valence-corrected chi connectivity index (χ1v) is 5.27. The summed E-state index contributed by atoms with van der Waals surface area (Å²) < 4.78 is 1.81. The second-order valence-electron chi connectivity index (χ2n) is 4.46. The van der Waals surface area contributed by atoms with Gasteiger partial charge in [-0.05, 0) is 30.5 Å². The van der Waals surface area contributed by atoms with Gasteiger partial charge in [-0.15, -0.1) is 0 Å². The minimum absolute atomic E-state index is 0.00991. The second-order valence-corrected chi connectivity index (χ2v) is 4.46. The minimum Gasteiger partial charge on any atom is -0.306 e. The van der Waals surface area contributed by atoms with Gasteiger partial charge in [0.1, 0.15) is 0 Å². The molecule has 2 rings (SSSR count). The zero-order valence-electron chi connectivity index (χ0n) is 9.37. The van der Waals surface area contributed by atoms with E-state index in [4.69, 9.17) is 0 Å². The topological polar surface area (TPSA) is 37.8 Å². The third-order valence-corrected chi connectivity index (χ3v) is 2.48. The molecule has 0 amide bonds. The highest BCUT2D eigenvalue weighted by Gasteiger charge is 2.07. The van der Waals surface area contributed by atoms with Crippen LogP contribution in [-0.4, -0.2) is 9.55 Å². The highest BCUT2D eigenvalue weighted by atomic mass is 16.1. The van der Waals surface area contributed by atoms with Crippen molar-refractivity contribution in [1.82, 2.24) is 9.55 Å². The molecule has 0 saturated heterocycles. The van der Waals surface area contributed by atoms with Crippen LogP contribution in [0.4, 0.5) is 0 Å². The molecule has 0 aliphatic carbocycles. The Morgan fingerprint density at radius 1 is 1.40 bits per heavy atom. The Kier molecular flexibility index (Phi) is 2.39. The van der Waals surface area contributed by atoms with E-state index in [0.717, 1.165) is 17.6 Å². The first kappa shape index (κ1) is 10.0. The molecule has 0 atom stereocenters. The lowest BCUT2D eigenvalue weighted by Crippen LogP contribution is -2.19. The van der Waals surface area contributed by atoms with Crippen molar-refractivity contribution in [2.45, 2.75) is 27.3 Å². The molecular formula is C12H16N2O. The maximum Gasteiger partial charge on any atom is 0.326 e. The van der Waals surface area contributed by atoms with Crippen molar-refractivity contribution in [2.75, 3.05) is 0 Å². The average Bonchev–Trinajstić information content (AvgIpc) is 2.43. The summed E-state index contributed by atoms with van der Waals surface area (Å²) in [4.78, 5) is 14.6. The highest BCUT2D eigenvalue weighted by molar-refractivity contribution is 5.75. The van der Waals surface area contributed by atoms with Crippen LogP contribution >= 0.6 is 0 Å². The van der Waals surface area contributed by atoms with Crippen molar-refractivity contribution in [3.8, 4) is 0 Å². The van der Waals surface area contributed by atoms with Crippen LogP contribution < -0.4 is 5.69 Å². The largest absolute Gasteiger partial charge is 0.326 e. The van der Waals surface area contributed by atoms with Crippen molar-refractivity contribution < 1.29 is 0 Å². The van der Waals surface area contributed by atoms with Crippen LogP contribution in [0.2, 0.25) is 0 Å². The fourth-order valence-electron chi connectivity index (χ4n) is 1.81. The molecule has 3 heteroatoms. The van der Waals surface area contributed by atoms with Gasteiger partial charge in [-0.3, -0.25) is 4.57 Å². The summed E-state index contributed by atoms with van der Waals surface area (Å²) in [5, 5.41) is 0. The van der Waals surface area contributed by atoms with Gasteiger partial charge in [-0.1, -0.05) is 19.9 Å². The van der Waals surface area contributed by atoms with Gasteiger partial charge in [0, 0.05) is 6.54 Å². The van der Waals surface area contributed by atoms with E-state index < -0.39 is 0 Å². The summed E-state index contributed by atoms with van der Waals surface area (Å²) >= 11 is 0. The molecule has 0 spiro atoms. The van der Waals surface area contributed by atoms with E-state index >= 15 is 0 Å². The zero-order valence-corrected chi connectivity index (χ0v) is 9.37. The van der Waals surface area contributed by atoms with Crippen molar-refractivity contribution in [1.29, 1.82) is 0 Å². The number of aromatic amines is 1. The molecule has 3 nitrogen and oxygen atoms in total. The standard InChI is InChI=1S/C12H16N2O/c1-8(2)7-14-11-6-9(3)4-5-10(11)13-12(14)15/h4-6,8H,7H2,1-3H3,(H,13,15). The number of aromatic nitrogens is 2. The summed E-state index contributed by atoms with van der Waals surface area (Å²) in [6, 6.07) is 6.02. The van der Waals surface area contributed by atoms with Gasteiger partial charge in [0.2, 0.25) is 0 Å². The Morgan fingerprint density at radius 2 is 2.13 bits per heavy atom. The van der Waals surface area contributed by atoms with Gasteiger partial charge < -0.3 is 4.98 Å². The van der Waals surface area contributed by atoms with Gasteiger partial charge in [0.05, 0.1) is 11.0 Å². The van der Waals surface area contributed by atoms with E-state index in [0.29, 0.717) is 5.92 Å². The normalized spacial score (nSPS) is 11.5. The number of rotatable bonds is 2. The van der Waals surface area contributed by atoms with E-state index in [1.54, 1.807) is 0 Å². The van der Waals surface area contributed by atoms with Crippen LogP contribution in [0.1, 0.15) is 19.4 Å². The zero-order chi connectivity index (χ0) is 11.0. The Balaban J connectivity index is 2.65. The summed E-state index contributed by atoms with van der Waals surface area (Å²) in [6.45, 7) is 7.03. The van der Waals surface area contributed by atoms with Crippen molar-refractivity contribution in [2.24, 2.45) is 5.92 Å². The number of imidazole rings is 1. The predicted octanol–water partition coefficient (Wildman–Crippen LogP) is 2.29. The number of benzene rings is 1. The number of nitrogens with zero attached hydrogens (tertiary/aromatic N) is 1. The Bertz CT molecular complexity index is 534. The second kappa shape index (κ2) is 3.57. The van der Waals surface area contributed by atoms with Crippen LogP contribution in [-0.2, 0) is 6.54 Å². The lowest BCUT2D eigenvalue weighted by Gasteiger charge is -2.06. The van der Waals surface area contributed by atoms with Crippen LogP contribution in [0.15, 0.2) is 23.0 Å². The molecule has 0 saturated carbocycles. The Labute approximate surface area is 88.7 Å². The van der Waals surface area contributed by atoms with E-state index in [2.05, 4.69) is 24.9 Å². The first-order valence-electron chi connectivity index (χ1n) is 5.27. The van der Waals surface area contributed by atoms with Gasteiger partial charge in [-0.25, -0.2) is 4.79 Å². The fourth-order valence-corrected chi connectivity index (χ4v) is 1.81. The lowest BCUT2D eigenvalue weighted by molar-refractivity contribution is 0.522. The molecule has 0 fully saturated rings. The maximum absolute atomic E-state index is 11.7. The summed E-state index contributed by atoms with van der Waals surface area (Å²) in [5.74, 6) is 0.474. The van der Waals surface area contributed by atoms with E-state index in [1.807, 2.05) is 23.6 Å². The van der Waals surface area contributed by atoms with Gasteiger partial charge in [0.25, 0.3) is 0 Å². The van der Waals surface area contributed by atoms with Gasteiger partial charge in [-0.2, -0.15) is 0 Å². The van der Waals surface area contributed by atoms with Gasteiger partial charge >= 0.3 is 5.69 Å². The SMILES string of the molecule is Cc1ccc2[nH]c(=O)n(CC(C)C)c2c1. The first-order chi connectivity index (χ1) is 7.08. The van der Waals surface area contributed by atoms with Gasteiger partial charge in [0.15, 0.2) is 0 Å². The van der Waals surface area contributed by atoms with E-state index in [1.165, 1.54) is 5.56 Å². The van der Waals surface area contributed by atoms with Crippen molar-refractivity contribution >= 4 is 11.0 Å². The van der Waals surface area contributed by atoms with E-state index in [-0.39, 0.29) is 5.69 Å². The van der Waals surface area contributed by atoms with Crippen LogP contribution in [0, 0.1) is 12.8 Å². The summed E-state index contributed by atoms with van der Waals surface area (Å²) in [6.07, 6.45) is 0. The van der Waals surface area contributed by atoms with E-state index in [9.17, 15) is 4.79 Å². The quantitative estimate of drug-likeness (QED) is 0.800. The molecule has 1 heterocycles. The van der Waals surface area contributed by atoms with Crippen LogP contribution in [0.3, 0.4) is 0 Å². The molecule has 80 valence electrons. The molecule has 0 aliphatic heterocycles. The monoisotopic (exact) mass is 204 g/mol. The molecule has 0 aliphatic rings. The predicted molar refractivity (Wildman–Crippen MR) is 62.1 cm³/mol. The number of hydrogen-bond donors (Lipinski definition) is 1. The Morgan fingerprint density at radius 3 is 2.80 bits per heavy atom. The number of hydrogen-bond acceptors (Lipinski definition) is 1. The third kappa shape index (κ3) is 1.82. The molecule has 0 bridgehead atoms. The van der Waals surface area contributed by atoms with Crippen LogP contribution in [0.25, 0.3) is 11.0 Å². The minimum atomic E-state index is -0.00991. The Hall–Kier alpha value is -1.51. The fraction of sp³-hybridized carbons (Fsp3) is 0.417. The number of H-pyrrole nitrogens is 1. The molecular weight excluding hydrogens is 188 g/mol. The van der Waals surface area contributed by atoms with Crippen LogP contribution in [0.5, 0.6) is 0 Å². The molecule has 15 heavy (non-hydrogen) atoms. The summed E-state index contributed by atoms with van der Waals surface area (Å²) in [7, 11) is 0. The lowest BCUT2D eigenvalue weighted by atomic mass is 10.2. The highest BCUT2D eigenvalue weighted by Crippen LogP contribution is 2.13. The average molecular weight is 204 g/mol. The van der Waals surface area contributed by atoms with Crippen molar-refractivity contribution in [3.63, 3.8) is 0 Å². The smallest absolute Gasteiger partial charge is 0.306 e. The number of fused-ring (bicyclic) bond motifs is 1. The molecule has 1 N–H and O–H groups in total. The molecule has 2 aromatic rings. The number of aryl methyl sites for hydroxylation is 1. The molecule has 0 unspecified atom stereocenters. The van der Waals surface area contributed by atoms with Crippen molar-refractivity contribution in [3.05, 3.63) is 34.2 Å². The maximum atomic E-state index is 11.7. The molecule has 1 aromatic carbocycles. The summed E-state index contributed by atoms with van der Waals surface area (Å²) in [5.41, 5.74) is 3.10. The third-order valence-electron chi connectivity index (χ3n) is 2.48. The molecule has 0 radical (unpaired) electrons. The molecule has 1 aromatic heterocycles. The number of nitrogens with one attached hydrogen (secondary N) is 1.